The van der Waals surface area contributed by atoms with Crippen molar-refractivity contribution in [3.8, 4) is 11.5 Å². The monoisotopic (exact) mass is 319 g/mol. The van der Waals surface area contributed by atoms with E-state index in [9.17, 15) is 4.79 Å². The topological polar surface area (TPSA) is 68.0 Å². The van der Waals surface area contributed by atoms with Crippen molar-refractivity contribution in [2.75, 3.05) is 40.4 Å². The minimum absolute atomic E-state index is 0.121. The number of hydrogen-bond donors (Lipinski definition) is 1. The number of methoxy groups -OCH3 is 2. The number of nitrogens with zero attached hydrogens (tertiary/aromatic N) is 2. The van der Waals surface area contributed by atoms with Crippen LogP contribution in [0.25, 0.3) is 0 Å². The van der Waals surface area contributed by atoms with E-state index in [1.54, 1.807) is 14.2 Å². The van der Waals surface area contributed by atoms with Crippen molar-refractivity contribution in [3.63, 3.8) is 0 Å². The fraction of sp³-hybridized carbons (Fsp3) is 0.588. The number of ether oxygens (including phenoxy) is 2. The minimum atomic E-state index is -0.557. The molecule has 6 nitrogen and oxygen atoms in total. The van der Waals surface area contributed by atoms with E-state index in [4.69, 9.17) is 15.2 Å². The lowest BCUT2D eigenvalue weighted by molar-refractivity contribution is -0.135. The Bertz CT molecular complexity index is 578. The summed E-state index contributed by atoms with van der Waals surface area (Å²) < 4.78 is 10.7. The third-order valence-electron chi connectivity index (χ3n) is 4.76. The Morgan fingerprint density at radius 2 is 1.87 bits per heavy atom. The molecule has 1 aliphatic heterocycles. The second-order valence-electron chi connectivity index (χ2n) is 6.40. The molecule has 6 heteroatoms. The van der Waals surface area contributed by atoms with E-state index in [1.807, 2.05) is 23.1 Å². The fourth-order valence-corrected chi connectivity index (χ4v) is 3.02. The maximum absolute atomic E-state index is 12.3. The molecule has 0 unspecified atom stereocenters. The van der Waals surface area contributed by atoms with Crippen LogP contribution in [0, 0.1) is 0 Å². The molecule has 1 heterocycles. The number of rotatable bonds is 5. The number of piperazine rings is 1. The van der Waals surface area contributed by atoms with Crippen molar-refractivity contribution in [1.82, 2.24) is 9.80 Å². The molecule has 1 aromatic rings. The molecule has 1 aliphatic carbocycles. The van der Waals surface area contributed by atoms with E-state index >= 15 is 0 Å². The Kier molecular flexibility index (Phi) is 4.46. The van der Waals surface area contributed by atoms with Crippen LogP contribution >= 0.6 is 0 Å². The zero-order chi connectivity index (χ0) is 16.4. The van der Waals surface area contributed by atoms with Gasteiger partial charge >= 0.3 is 0 Å². The molecule has 23 heavy (non-hydrogen) atoms. The zero-order valence-corrected chi connectivity index (χ0v) is 13.9. The normalized spacial score (nSPS) is 20.2. The summed E-state index contributed by atoms with van der Waals surface area (Å²) >= 11 is 0. The molecule has 2 aliphatic rings. The molecule has 0 radical (unpaired) electrons. The van der Waals surface area contributed by atoms with E-state index in [-0.39, 0.29) is 5.91 Å². The maximum atomic E-state index is 12.3. The molecule has 3 rings (SSSR count). The van der Waals surface area contributed by atoms with Gasteiger partial charge in [-0.3, -0.25) is 9.69 Å². The maximum Gasteiger partial charge on any atom is 0.242 e. The molecule has 1 aromatic carbocycles. The third-order valence-corrected chi connectivity index (χ3v) is 4.76. The van der Waals surface area contributed by atoms with Gasteiger partial charge in [0.2, 0.25) is 5.91 Å². The number of nitrogens with two attached hydrogens (primary N) is 1. The molecule has 0 spiro atoms. The van der Waals surface area contributed by atoms with E-state index in [0.29, 0.717) is 0 Å². The van der Waals surface area contributed by atoms with E-state index in [0.717, 1.165) is 62.6 Å². The van der Waals surface area contributed by atoms with Crippen LogP contribution in [0.15, 0.2) is 18.2 Å². The number of hydrogen-bond acceptors (Lipinski definition) is 5. The molecule has 0 aromatic heterocycles. The van der Waals surface area contributed by atoms with Gasteiger partial charge in [-0.1, -0.05) is 0 Å². The van der Waals surface area contributed by atoms with Crippen molar-refractivity contribution in [2.24, 2.45) is 5.73 Å². The van der Waals surface area contributed by atoms with Gasteiger partial charge in [0.05, 0.1) is 19.8 Å². The Morgan fingerprint density at radius 1 is 1.17 bits per heavy atom. The fourth-order valence-electron chi connectivity index (χ4n) is 3.02. The highest BCUT2D eigenvalue weighted by molar-refractivity contribution is 5.89. The van der Waals surface area contributed by atoms with Crippen LogP contribution in [-0.2, 0) is 11.3 Å². The van der Waals surface area contributed by atoms with E-state index < -0.39 is 5.54 Å². The largest absolute Gasteiger partial charge is 0.497 e. The van der Waals surface area contributed by atoms with Crippen molar-refractivity contribution in [1.29, 1.82) is 0 Å². The van der Waals surface area contributed by atoms with Gasteiger partial charge in [-0.2, -0.15) is 0 Å². The summed E-state index contributed by atoms with van der Waals surface area (Å²) in [5, 5.41) is 0. The van der Waals surface area contributed by atoms with Gasteiger partial charge in [-0.05, 0) is 31.0 Å². The van der Waals surface area contributed by atoms with Crippen LogP contribution in [-0.4, -0.2) is 61.6 Å². The van der Waals surface area contributed by atoms with Gasteiger partial charge in [0, 0.05) is 38.3 Å². The summed E-state index contributed by atoms with van der Waals surface area (Å²) in [5.41, 5.74) is 6.56. The Labute approximate surface area is 137 Å². The summed E-state index contributed by atoms with van der Waals surface area (Å²) in [6.07, 6.45) is 1.65. The highest BCUT2D eigenvalue weighted by atomic mass is 16.5. The lowest BCUT2D eigenvalue weighted by atomic mass is 10.1. The SMILES string of the molecule is COc1ccc(OC)c(CN2CCN(C(=O)C3(N)CC3)CC2)c1. The molecule has 126 valence electrons. The number of carbonyl (C=O) groups excluding carboxylic acids is 1. The summed E-state index contributed by atoms with van der Waals surface area (Å²) in [7, 11) is 3.34. The number of benzene rings is 1. The predicted octanol–water partition coefficient (Wildman–Crippen LogP) is 0.839. The molecule has 0 bridgehead atoms. The Balaban J connectivity index is 1.59. The zero-order valence-electron chi connectivity index (χ0n) is 13.9. The minimum Gasteiger partial charge on any atom is -0.497 e. The van der Waals surface area contributed by atoms with Crippen molar-refractivity contribution in [3.05, 3.63) is 23.8 Å². The standard InChI is InChI=1S/C17H25N3O3/c1-22-14-3-4-15(23-2)13(11-14)12-19-7-9-20(10-8-19)16(21)17(18)5-6-17/h3-4,11H,5-10,12,18H2,1-2H3. The van der Waals surface area contributed by atoms with Gasteiger partial charge in [-0.15, -0.1) is 0 Å². The van der Waals surface area contributed by atoms with Crippen LogP contribution in [0.1, 0.15) is 18.4 Å². The molecule has 1 saturated heterocycles. The Hall–Kier alpha value is -1.79. The average Bonchev–Trinajstić information content (AvgIpc) is 3.33. The molecule has 2 fully saturated rings. The summed E-state index contributed by atoms with van der Waals surface area (Å²) in [4.78, 5) is 16.5. The van der Waals surface area contributed by atoms with Gasteiger partial charge in [0.1, 0.15) is 11.5 Å². The smallest absolute Gasteiger partial charge is 0.242 e. The first-order valence-corrected chi connectivity index (χ1v) is 8.07. The lowest BCUT2D eigenvalue weighted by Gasteiger charge is -2.36. The first-order chi connectivity index (χ1) is 11.1. The second-order valence-corrected chi connectivity index (χ2v) is 6.40. The predicted molar refractivity (Wildman–Crippen MR) is 87.6 cm³/mol. The molecule has 1 saturated carbocycles. The van der Waals surface area contributed by atoms with Gasteiger partial charge in [0.25, 0.3) is 0 Å². The average molecular weight is 319 g/mol. The van der Waals surface area contributed by atoms with Crippen molar-refractivity contribution in [2.45, 2.75) is 24.9 Å². The van der Waals surface area contributed by atoms with E-state index in [1.165, 1.54) is 0 Å². The van der Waals surface area contributed by atoms with Crippen LogP contribution in [0.2, 0.25) is 0 Å². The first kappa shape index (κ1) is 16.1. The van der Waals surface area contributed by atoms with Crippen LogP contribution in [0.3, 0.4) is 0 Å². The number of amides is 1. The van der Waals surface area contributed by atoms with Crippen LogP contribution in [0.4, 0.5) is 0 Å². The Morgan fingerprint density at radius 3 is 2.43 bits per heavy atom. The highest BCUT2D eigenvalue weighted by Crippen LogP contribution is 2.34. The molecular weight excluding hydrogens is 294 g/mol. The third kappa shape index (κ3) is 3.43. The number of carbonyl (C=O) groups is 1. The summed E-state index contributed by atoms with van der Waals surface area (Å²) in [5.74, 6) is 1.81. The first-order valence-electron chi connectivity index (χ1n) is 8.07. The van der Waals surface area contributed by atoms with Crippen molar-refractivity contribution < 1.29 is 14.3 Å². The van der Waals surface area contributed by atoms with Gasteiger partial charge < -0.3 is 20.1 Å². The van der Waals surface area contributed by atoms with Crippen LogP contribution < -0.4 is 15.2 Å². The quantitative estimate of drug-likeness (QED) is 0.871. The van der Waals surface area contributed by atoms with Gasteiger partial charge in [0.15, 0.2) is 0 Å². The van der Waals surface area contributed by atoms with Crippen LogP contribution in [0.5, 0.6) is 11.5 Å². The summed E-state index contributed by atoms with van der Waals surface area (Å²) in [6, 6.07) is 5.84. The highest BCUT2D eigenvalue weighted by Gasteiger charge is 2.48. The summed E-state index contributed by atoms with van der Waals surface area (Å²) in [6.45, 7) is 3.97. The molecular formula is C17H25N3O3. The molecule has 2 N–H and O–H groups in total. The molecule has 1 amide bonds. The molecule has 0 atom stereocenters. The van der Waals surface area contributed by atoms with E-state index in [2.05, 4.69) is 4.90 Å². The van der Waals surface area contributed by atoms with Crippen molar-refractivity contribution >= 4 is 5.91 Å². The van der Waals surface area contributed by atoms with Gasteiger partial charge in [-0.25, -0.2) is 0 Å². The second kappa shape index (κ2) is 6.37. The lowest BCUT2D eigenvalue weighted by Crippen LogP contribution is -2.53.